The maximum absolute atomic E-state index is 12.4. The van der Waals surface area contributed by atoms with Crippen molar-refractivity contribution in [1.29, 1.82) is 0 Å². The maximum atomic E-state index is 12.4. The first kappa shape index (κ1) is 15.4. The summed E-state index contributed by atoms with van der Waals surface area (Å²) in [6, 6.07) is 4.98. The normalized spacial score (nSPS) is 14.1. The Morgan fingerprint density at radius 2 is 2.05 bits per heavy atom. The number of likely N-dealkylation sites (N-methyl/N-ethyl adjacent to an activating group) is 1. The van der Waals surface area contributed by atoms with Crippen LogP contribution in [-0.4, -0.2) is 46.1 Å². The number of carbonyl (C=O) groups is 3. The molecule has 0 spiro atoms. The highest BCUT2D eigenvalue weighted by molar-refractivity contribution is 8.00. The lowest BCUT2D eigenvalue weighted by Gasteiger charge is -2.31. The summed E-state index contributed by atoms with van der Waals surface area (Å²) in [7, 11) is 1.45. The Labute approximate surface area is 126 Å². The number of amides is 2. The van der Waals surface area contributed by atoms with Gasteiger partial charge in [-0.25, -0.2) is 4.79 Å². The number of hydrogen-bond acceptors (Lipinski definition) is 4. The number of hydrogen-bond donors (Lipinski definition) is 2. The number of carboxylic acid groups (broad SMARTS) is 1. The first-order chi connectivity index (χ1) is 9.73. The number of aliphatic carboxylic acids is 1. The van der Waals surface area contributed by atoms with Crippen LogP contribution in [0.5, 0.6) is 0 Å². The smallest absolute Gasteiger partial charge is 0.329 e. The third kappa shape index (κ3) is 2.87. The van der Waals surface area contributed by atoms with Crippen LogP contribution in [0, 0.1) is 0 Å². The minimum absolute atomic E-state index is 0.115. The van der Waals surface area contributed by atoms with Crippen molar-refractivity contribution in [3.05, 3.63) is 23.8 Å². The standard InChI is InChI=1S/C14H16N2O4S/c1-14(2,13(19)20)16(3)12(18)8-4-5-10-9(6-8)15-11(17)7-21-10/h4-6H,7H2,1-3H3,(H,15,17)(H,19,20). The third-order valence-corrected chi connectivity index (χ3v) is 4.60. The van der Waals surface area contributed by atoms with E-state index >= 15 is 0 Å². The first-order valence-corrected chi connectivity index (χ1v) is 7.30. The van der Waals surface area contributed by atoms with Gasteiger partial charge in [0.05, 0.1) is 11.4 Å². The van der Waals surface area contributed by atoms with Crippen molar-refractivity contribution < 1.29 is 19.5 Å². The van der Waals surface area contributed by atoms with E-state index in [1.807, 2.05) is 0 Å². The van der Waals surface area contributed by atoms with Gasteiger partial charge in [0.25, 0.3) is 5.91 Å². The fourth-order valence-corrected chi connectivity index (χ4v) is 2.60. The van der Waals surface area contributed by atoms with Gasteiger partial charge in [-0.3, -0.25) is 9.59 Å². The van der Waals surface area contributed by atoms with E-state index in [-0.39, 0.29) is 5.91 Å². The number of carbonyl (C=O) groups excluding carboxylic acids is 2. The highest BCUT2D eigenvalue weighted by Crippen LogP contribution is 2.32. The summed E-state index contributed by atoms with van der Waals surface area (Å²) in [6.45, 7) is 2.92. The topological polar surface area (TPSA) is 86.7 Å². The fourth-order valence-electron chi connectivity index (χ4n) is 1.81. The predicted molar refractivity (Wildman–Crippen MR) is 79.6 cm³/mol. The van der Waals surface area contributed by atoms with E-state index in [9.17, 15) is 19.5 Å². The summed E-state index contributed by atoms with van der Waals surface area (Å²) >= 11 is 1.41. The zero-order valence-corrected chi connectivity index (χ0v) is 12.8. The monoisotopic (exact) mass is 308 g/mol. The molecule has 6 nitrogen and oxygen atoms in total. The molecule has 2 N–H and O–H groups in total. The number of rotatable bonds is 3. The first-order valence-electron chi connectivity index (χ1n) is 6.31. The molecule has 0 bridgehead atoms. The molecule has 0 aliphatic carbocycles. The molecule has 1 aliphatic heterocycles. The lowest BCUT2D eigenvalue weighted by molar-refractivity contribution is -0.147. The average molecular weight is 308 g/mol. The second kappa shape index (κ2) is 5.40. The van der Waals surface area contributed by atoms with Gasteiger partial charge >= 0.3 is 5.97 Å². The zero-order valence-electron chi connectivity index (χ0n) is 12.0. The Bertz CT molecular complexity index is 627. The summed E-state index contributed by atoms with van der Waals surface area (Å²) in [4.78, 5) is 37.1. The largest absolute Gasteiger partial charge is 0.480 e. The van der Waals surface area contributed by atoms with Gasteiger partial charge < -0.3 is 15.3 Å². The van der Waals surface area contributed by atoms with Crippen molar-refractivity contribution in [2.24, 2.45) is 0 Å². The molecule has 0 atom stereocenters. The fraction of sp³-hybridized carbons (Fsp3) is 0.357. The molecule has 1 aliphatic rings. The van der Waals surface area contributed by atoms with Gasteiger partial charge in [0.1, 0.15) is 5.54 Å². The lowest BCUT2D eigenvalue weighted by atomic mass is 10.0. The van der Waals surface area contributed by atoms with Gasteiger partial charge in [-0.15, -0.1) is 11.8 Å². The predicted octanol–water partition coefficient (Wildman–Crippen LogP) is 1.67. The maximum Gasteiger partial charge on any atom is 0.329 e. The molecular formula is C14H16N2O4S. The molecule has 0 aromatic heterocycles. The van der Waals surface area contributed by atoms with Crippen molar-refractivity contribution in [3.63, 3.8) is 0 Å². The molecule has 0 saturated carbocycles. The number of benzene rings is 1. The Morgan fingerprint density at radius 3 is 2.67 bits per heavy atom. The molecule has 2 rings (SSSR count). The molecule has 0 saturated heterocycles. The van der Waals surface area contributed by atoms with E-state index in [1.54, 1.807) is 18.2 Å². The molecule has 1 aromatic rings. The molecule has 21 heavy (non-hydrogen) atoms. The number of carboxylic acids is 1. The Balaban J connectivity index is 2.30. The number of thioether (sulfide) groups is 1. The zero-order chi connectivity index (χ0) is 15.8. The molecule has 1 heterocycles. The molecule has 7 heteroatoms. The molecule has 0 fully saturated rings. The number of anilines is 1. The van der Waals surface area contributed by atoms with Crippen molar-refractivity contribution in [1.82, 2.24) is 4.90 Å². The van der Waals surface area contributed by atoms with E-state index in [0.29, 0.717) is 17.0 Å². The quantitative estimate of drug-likeness (QED) is 0.887. The van der Waals surface area contributed by atoms with Crippen molar-refractivity contribution in [3.8, 4) is 0 Å². The van der Waals surface area contributed by atoms with Crippen LogP contribution in [0.3, 0.4) is 0 Å². The minimum atomic E-state index is -1.31. The van der Waals surface area contributed by atoms with Gasteiger partial charge in [-0.05, 0) is 32.0 Å². The summed E-state index contributed by atoms with van der Waals surface area (Å²) in [6.07, 6.45) is 0. The lowest BCUT2D eigenvalue weighted by Crippen LogP contribution is -2.50. The highest BCUT2D eigenvalue weighted by Gasteiger charge is 2.35. The SMILES string of the molecule is CN(C(=O)c1ccc2c(c1)NC(=O)CS2)C(C)(C)C(=O)O. The summed E-state index contributed by atoms with van der Waals surface area (Å²) < 4.78 is 0. The third-order valence-electron chi connectivity index (χ3n) is 3.53. The molecule has 2 amide bonds. The van der Waals surface area contributed by atoms with E-state index in [0.717, 1.165) is 4.90 Å². The average Bonchev–Trinajstić information content (AvgIpc) is 2.44. The van der Waals surface area contributed by atoms with E-state index < -0.39 is 17.4 Å². The highest BCUT2D eigenvalue weighted by atomic mass is 32.2. The van der Waals surface area contributed by atoms with Crippen LogP contribution < -0.4 is 5.32 Å². The van der Waals surface area contributed by atoms with Gasteiger partial charge in [-0.2, -0.15) is 0 Å². The van der Waals surface area contributed by atoms with Crippen molar-refractivity contribution >= 4 is 35.2 Å². The summed E-state index contributed by atoms with van der Waals surface area (Å²) in [5, 5.41) is 11.9. The van der Waals surface area contributed by atoms with E-state index in [1.165, 1.54) is 37.6 Å². The van der Waals surface area contributed by atoms with Crippen molar-refractivity contribution in [2.45, 2.75) is 24.3 Å². The minimum Gasteiger partial charge on any atom is -0.480 e. The van der Waals surface area contributed by atoms with Crippen LogP contribution in [-0.2, 0) is 9.59 Å². The summed E-state index contributed by atoms with van der Waals surface area (Å²) in [5.41, 5.74) is -0.387. The van der Waals surface area contributed by atoms with Crippen LogP contribution in [0.15, 0.2) is 23.1 Å². The van der Waals surface area contributed by atoms with Crippen LogP contribution in [0.4, 0.5) is 5.69 Å². The number of nitrogens with zero attached hydrogens (tertiary/aromatic N) is 1. The van der Waals surface area contributed by atoms with Crippen LogP contribution in [0.1, 0.15) is 24.2 Å². The number of nitrogens with one attached hydrogen (secondary N) is 1. The second-order valence-corrected chi connectivity index (χ2v) is 6.29. The van der Waals surface area contributed by atoms with Gasteiger partial charge in [-0.1, -0.05) is 0 Å². The van der Waals surface area contributed by atoms with Crippen LogP contribution >= 0.6 is 11.8 Å². The molecule has 0 unspecified atom stereocenters. The Morgan fingerprint density at radius 1 is 1.38 bits per heavy atom. The second-order valence-electron chi connectivity index (χ2n) is 5.28. The molecule has 112 valence electrons. The van der Waals surface area contributed by atoms with E-state index in [2.05, 4.69) is 5.32 Å². The van der Waals surface area contributed by atoms with Crippen LogP contribution in [0.2, 0.25) is 0 Å². The molecule has 0 radical (unpaired) electrons. The Hall–Kier alpha value is -2.02. The summed E-state index contributed by atoms with van der Waals surface area (Å²) in [5.74, 6) is -1.25. The van der Waals surface area contributed by atoms with Gasteiger partial charge in [0.2, 0.25) is 5.91 Å². The van der Waals surface area contributed by atoms with Gasteiger partial charge in [0, 0.05) is 17.5 Å². The van der Waals surface area contributed by atoms with Gasteiger partial charge in [0.15, 0.2) is 0 Å². The molecular weight excluding hydrogens is 292 g/mol. The molecule has 1 aromatic carbocycles. The van der Waals surface area contributed by atoms with Crippen LogP contribution in [0.25, 0.3) is 0 Å². The number of fused-ring (bicyclic) bond motifs is 1. The Kier molecular flexibility index (Phi) is 3.95. The van der Waals surface area contributed by atoms with E-state index in [4.69, 9.17) is 0 Å². The van der Waals surface area contributed by atoms with Crippen molar-refractivity contribution in [2.75, 3.05) is 18.1 Å².